The van der Waals surface area contributed by atoms with Crippen molar-refractivity contribution in [2.24, 2.45) is 0 Å². The zero-order valence-electron chi connectivity index (χ0n) is 20.7. The van der Waals surface area contributed by atoms with Gasteiger partial charge >= 0.3 is 0 Å². The second-order valence-corrected chi connectivity index (χ2v) is 11.4. The van der Waals surface area contributed by atoms with Crippen molar-refractivity contribution < 1.29 is 13.2 Å². The van der Waals surface area contributed by atoms with Gasteiger partial charge in [-0.25, -0.2) is 33.0 Å². The lowest BCUT2D eigenvalue weighted by Crippen LogP contribution is -2.16. The summed E-state index contributed by atoms with van der Waals surface area (Å²) in [5.74, 6) is 0.442. The smallest absolute Gasteiger partial charge is 0.263 e. The van der Waals surface area contributed by atoms with Gasteiger partial charge in [-0.3, -0.25) is 9.52 Å². The summed E-state index contributed by atoms with van der Waals surface area (Å²) < 4.78 is 29.6. The average molecular weight is 581 g/mol. The van der Waals surface area contributed by atoms with Crippen LogP contribution in [0.2, 0.25) is 5.02 Å². The molecular weight excluding hydrogens is 560 g/mol. The third-order valence-corrected chi connectivity index (χ3v) is 8.02. The van der Waals surface area contributed by atoms with Crippen molar-refractivity contribution >= 4 is 61.8 Å². The molecule has 2 aromatic carbocycles. The van der Waals surface area contributed by atoms with E-state index < -0.39 is 10.0 Å². The molecule has 0 bridgehead atoms. The van der Waals surface area contributed by atoms with Crippen LogP contribution in [0.1, 0.15) is 11.5 Å². The van der Waals surface area contributed by atoms with E-state index in [0.29, 0.717) is 38.3 Å². The molecule has 3 aromatic heterocycles. The Bertz CT molecular complexity index is 1760. The van der Waals surface area contributed by atoms with E-state index in [1.54, 1.807) is 42.9 Å². The molecule has 1 amide bonds. The highest BCUT2D eigenvalue weighted by Gasteiger charge is 2.17. The number of aromatic nitrogens is 6. The second-order valence-electron chi connectivity index (χ2n) is 8.36. The summed E-state index contributed by atoms with van der Waals surface area (Å²) in [5.41, 5.74) is 2.50. The maximum Gasteiger partial charge on any atom is 0.263 e. The number of carbonyl (C=O) groups is 1. The number of fused-ring (bicyclic) bond motifs is 1. The summed E-state index contributed by atoms with van der Waals surface area (Å²) in [7, 11) is -3.87. The van der Waals surface area contributed by atoms with E-state index in [-0.39, 0.29) is 22.4 Å². The lowest BCUT2D eigenvalue weighted by Gasteiger charge is -2.10. The number of benzene rings is 2. The minimum absolute atomic E-state index is 0.0323. The highest BCUT2D eigenvalue weighted by molar-refractivity contribution is 8.00. The molecule has 0 fully saturated rings. The van der Waals surface area contributed by atoms with Crippen LogP contribution in [0.5, 0.6) is 0 Å². The highest BCUT2D eigenvalue weighted by atomic mass is 35.5. The summed E-state index contributed by atoms with van der Waals surface area (Å²) in [5, 5.41) is 9.11. The molecule has 0 aliphatic carbocycles. The van der Waals surface area contributed by atoms with E-state index in [9.17, 15) is 13.2 Å². The van der Waals surface area contributed by atoms with Gasteiger partial charge in [0.2, 0.25) is 5.91 Å². The molecule has 0 saturated heterocycles. The van der Waals surface area contributed by atoms with Crippen LogP contribution >= 0.6 is 23.4 Å². The predicted molar refractivity (Wildman–Crippen MR) is 150 cm³/mol. The number of halogens is 1. The Hall–Kier alpha value is -4.07. The highest BCUT2D eigenvalue weighted by Crippen LogP contribution is 2.26. The number of amides is 1. The van der Waals surface area contributed by atoms with Gasteiger partial charge in [0, 0.05) is 22.5 Å². The Balaban J connectivity index is 1.23. The number of hydrogen-bond donors (Lipinski definition) is 2. The maximum absolute atomic E-state index is 12.7. The van der Waals surface area contributed by atoms with Gasteiger partial charge in [-0.1, -0.05) is 23.4 Å². The molecule has 0 aliphatic heterocycles. The summed E-state index contributed by atoms with van der Waals surface area (Å²) >= 11 is 7.23. The van der Waals surface area contributed by atoms with Gasteiger partial charge in [0.25, 0.3) is 10.0 Å². The first-order chi connectivity index (χ1) is 18.7. The summed E-state index contributed by atoms with van der Waals surface area (Å²) in [6.45, 7) is 3.44. The zero-order chi connectivity index (χ0) is 27.6. The van der Waals surface area contributed by atoms with E-state index in [1.165, 1.54) is 42.4 Å². The molecular formula is C25H21ClN8O3S2. The fraction of sp³-hybridized carbons (Fsp3) is 0.120. The molecule has 0 aliphatic rings. The largest absolute Gasteiger partial charge is 0.325 e. The number of nitrogens with zero attached hydrogens (tertiary/aromatic N) is 6. The van der Waals surface area contributed by atoms with Crippen LogP contribution in [0.15, 0.2) is 77.0 Å². The lowest BCUT2D eigenvalue weighted by molar-refractivity contribution is -0.113. The van der Waals surface area contributed by atoms with Gasteiger partial charge in [0.05, 0.1) is 27.9 Å². The Morgan fingerprint density at radius 2 is 1.77 bits per heavy atom. The Kier molecular flexibility index (Phi) is 7.46. The van der Waals surface area contributed by atoms with Crippen molar-refractivity contribution in [3.63, 3.8) is 0 Å². The molecule has 39 heavy (non-hydrogen) atoms. The summed E-state index contributed by atoms with van der Waals surface area (Å²) in [4.78, 5) is 29.5. The van der Waals surface area contributed by atoms with Crippen molar-refractivity contribution in [1.29, 1.82) is 0 Å². The van der Waals surface area contributed by atoms with Gasteiger partial charge in [-0.15, -0.1) is 0 Å². The number of carbonyl (C=O) groups excluding carboxylic acids is 1. The van der Waals surface area contributed by atoms with Gasteiger partial charge in [0.15, 0.2) is 5.65 Å². The molecule has 3 heterocycles. The van der Waals surface area contributed by atoms with E-state index in [4.69, 9.17) is 11.6 Å². The standard InChI is InChI=1S/C25H21ClN8O3S2/c1-15-11-22(31-16(2)30-15)33-39(36,37)20-9-5-18(6-10-20)32-23(35)13-38-25-21-12-29-34(24(21)27-14-28-25)19-7-3-17(26)4-8-19/h3-12,14H,13H2,1-2H3,(H,32,35)(H,30,31,33). The summed E-state index contributed by atoms with van der Waals surface area (Å²) in [6, 6.07) is 14.6. The first-order valence-corrected chi connectivity index (χ1v) is 14.3. The first kappa shape index (κ1) is 26.5. The second kappa shape index (κ2) is 11.0. The van der Waals surface area contributed by atoms with Gasteiger partial charge in [-0.2, -0.15) is 5.10 Å². The molecule has 0 atom stereocenters. The molecule has 0 saturated carbocycles. The zero-order valence-corrected chi connectivity index (χ0v) is 23.0. The Morgan fingerprint density at radius 3 is 2.49 bits per heavy atom. The van der Waals surface area contributed by atoms with E-state index >= 15 is 0 Å². The molecule has 0 unspecified atom stereocenters. The predicted octanol–water partition coefficient (Wildman–Crippen LogP) is 4.41. The normalized spacial score (nSPS) is 11.5. The van der Waals surface area contributed by atoms with Crippen LogP contribution in [-0.4, -0.2) is 49.8 Å². The number of thioether (sulfide) groups is 1. The number of sulfonamides is 1. The minimum Gasteiger partial charge on any atom is -0.325 e. The van der Waals surface area contributed by atoms with Crippen LogP contribution in [0, 0.1) is 13.8 Å². The van der Waals surface area contributed by atoms with Crippen LogP contribution in [0.3, 0.4) is 0 Å². The van der Waals surface area contributed by atoms with Crippen molar-refractivity contribution in [2.45, 2.75) is 23.8 Å². The Labute approximate surface area is 233 Å². The molecule has 0 spiro atoms. The number of hydrogen-bond acceptors (Lipinski definition) is 9. The number of anilines is 2. The van der Waals surface area contributed by atoms with Gasteiger partial charge in [-0.05, 0) is 62.4 Å². The van der Waals surface area contributed by atoms with Gasteiger partial charge < -0.3 is 5.32 Å². The van der Waals surface area contributed by atoms with E-state index in [2.05, 4.69) is 35.1 Å². The Morgan fingerprint density at radius 1 is 1.03 bits per heavy atom. The molecule has 0 radical (unpaired) electrons. The first-order valence-electron chi connectivity index (χ1n) is 11.5. The molecule has 14 heteroatoms. The number of aryl methyl sites for hydroxylation is 2. The monoisotopic (exact) mass is 580 g/mol. The third-order valence-electron chi connectivity index (χ3n) is 5.39. The average Bonchev–Trinajstić information content (AvgIpc) is 3.32. The molecule has 11 nitrogen and oxygen atoms in total. The SMILES string of the molecule is Cc1cc(NS(=O)(=O)c2ccc(NC(=O)CSc3ncnc4c3cnn4-c3ccc(Cl)cc3)cc2)nc(C)n1. The number of rotatable bonds is 8. The van der Waals surface area contributed by atoms with Crippen LogP contribution in [0.25, 0.3) is 16.7 Å². The number of nitrogens with one attached hydrogen (secondary N) is 2. The van der Waals surface area contributed by atoms with Crippen molar-refractivity contribution in [3.8, 4) is 5.69 Å². The van der Waals surface area contributed by atoms with Crippen molar-refractivity contribution in [1.82, 2.24) is 29.7 Å². The molecule has 5 aromatic rings. The molecule has 198 valence electrons. The lowest BCUT2D eigenvalue weighted by atomic mass is 10.3. The molecule has 2 N–H and O–H groups in total. The quantitative estimate of drug-likeness (QED) is 0.201. The third kappa shape index (κ3) is 6.16. The maximum atomic E-state index is 12.7. The van der Waals surface area contributed by atoms with E-state index in [1.807, 2.05) is 12.1 Å². The van der Waals surface area contributed by atoms with Crippen molar-refractivity contribution in [3.05, 3.63) is 83.7 Å². The topological polar surface area (TPSA) is 145 Å². The molecule has 5 rings (SSSR count). The fourth-order valence-corrected chi connectivity index (χ4v) is 5.60. The van der Waals surface area contributed by atoms with Crippen LogP contribution < -0.4 is 10.0 Å². The van der Waals surface area contributed by atoms with Crippen molar-refractivity contribution in [2.75, 3.05) is 15.8 Å². The van der Waals surface area contributed by atoms with Crippen LogP contribution in [-0.2, 0) is 14.8 Å². The van der Waals surface area contributed by atoms with Gasteiger partial charge in [0.1, 0.15) is 23.0 Å². The fourth-order valence-electron chi connectivity index (χ4n) is 3.72. The van der Waals surface area contributed by atoms with Crippen LogP contribution in [0.4, 0.5) is 11.5 Å². The summed E-state index contributed by atoms with van der Waals surface area (Å²) in [6.07, 6.45) is 3.08. The van der Waals surface area contributed by atoms with E-state index in [0.717, 1.165) is 5.69 Å². The minimum atomic E-state index is -3.87.